The van der Waals surface area contributed by atoms with E-state index < -0.39 is 23.6 Å². The number of carbonyl (C=O) groups excluding carboxylic acids is 2. The number of anilines is 1. The Morgan fingerprint density at radius 1 is 1.16 bits per heavy atom. The standard InChI is InChI=1S/C19H18F3N5O3S/c20-19(21,22)13-5-1-2-6-14(13)24-17(29)11-31-18-26-25-16(8-7-15(23)28)27(18)10-12-4-3-9-30-12/h1-6,9H,7-8,10-11H2,(H2,23,28)(H,24,29). The van der Waals surface area contributed by atoms with Crippen LogP contribution in [0.3, 0.4) is 0 Å². The van der Waals surface area contributed by atoms with Crippen LogP contribution >= 0.6 is 11.8 Å². The third-order valence-corrected chi connectivity index (χ3v) is 5.09. The number of hydrogen-bond donors (Lipinski definition) is 2. The minimum absolute atomic E-state index is 0.0651. The molecular weight excluding hydrogens is 435 g/mol. The molecule has 0 unspecified atom stereocenters. The summed E-state index contributed by atoms with van der Waals surface area (Å²) in [5, 5.41) is 10.7. The summed E-state index contributed by atoms with van der Waals surface area (Å²) in [5.74, 6) is -0.248. The van der Waals surface area contributed by atoms with Crippen molar-refractivity contribution in [2.45, 2.75) is 30.7 Å². The fourth-order valence-corrected chi connectivity index (χ4v) is 3.48. The molecule has 0 bridgehead atoms. The van der Waals surface area contributed by atoms with Gasteiger partial charge in [0.2, 0.25) is 11.8 Å². The lowest BCUT2D eigenvalue weighted by atomic mass is 10.1. The van der Waals surface area contributed by atoms with Gasteiger partial charge in [0.1, 0.15) is 11.6 Å². The third-order valence-electron chi connectivity index (χ3n) is 4.12. The molecule has 0 saturated heterocycles. The van der Waals surface area contributed by atoms with E-state index in [4.69, 9.17) is 10.2 Å². The molecule has 0 atom stereocenters. The molecule has 2 heterocycles. The van der Waals surface area contributed by atoms with Crippen LogP contribution in [-0.2, 0) is 28.7 Å². The molecule has 0 radical (unpaired) electrons. The molecule has 0 aliphatic heterocycles. The molecule has 2 aromatic heterocycles. The van der Waals surface area contributed by atoms with Crippen LogP contribution in [0.2, 0.25) is 0 Å². The number of nitrogens with two attached hydrogens (primary N) is 1. The highest BCUT2D eigenvalue weighted by Crippen LogP contribution is 2.34. The van der Waals surface area contributed by atoms with E-state index in [2.05, 4.69) is 15.5 Å². The number of halogens is 3. The molecule has 3 N–H and O–H groups in total. The largest absolute Gasteiger partial charge is 0.467 e. The molecule has 164 valence electrons. The summed E-state index contributed by atoms with van der Waals surface area (Å²) in [4.78, 5) is 23.4. The maximum Gasteiger partial charge on any atom is 0.418 e. The molecule has 3 rings (SSSR count). The summed E-state index contributed by atoms with van der Waals surface area (Å²) >= 11 is 1.00. The van der Waals surface area contributed by atoms with Crippen LogP contribution < -0.4 is 11.1 Å². The van der Waals surface area contributed by atoms with Crippen LogP contribution in [0.4, 0.5) is 18.9 Å². The van der Waals surface area contributed by atoms with Crippen LogP contribution in [-0.4, -0.2) is 32.3 Å². The topological polar surface area (TPSA) is 116 Å². The Morgan fingerprint density at radius 2 is 1.94 bits per heavy atom. The number of nitrogens with one attached hydrogen (secondary N) is 1. The van der Waals surface area contributed by atoms with Gasteiger partial charge in [-0.25, -0.2) is 0 Å². The van der Waals surface area contributed by atoms with Gasteiger partial charge in [0, 0.05) is 12.8 Å². The second-order valence-electron chi connectivity index (χ2n) is 6.41. The third kappa shape index (κ3) is 6.10. The van der Waals surface area contributed by atoms with Crippen molar-refractivity contribution < 1.29 is 27.2 Å². The maximum absolute atomic E-state index is 13.1. The number of aromatic nitrogens is 3. The van der Waals surface area contributed by atoms with Crippen LogP contribution in [0.25, 0.3) is 0 Å². The van der Waals surface area contributed by atoms with Gasteiger partial charge in [-0.1, -0.05) is 23.9 Å². The monoisotopic (exact) mass is 453 g/mol. The van der Waals surface area contributed by atoms with Gasteiger partial charge in [0.25, 0.3) is 0 Å². The molecular formula is C19H18F3N5O3S. The maximum atomic E-state index is 13.1. The Kier molecular flexibility index (Phi) is 7.00. The van der Waals surface area contributed by atoms with Crippen molar-refractivity contribution >= 4 is 29.3 Å². The summed E-state index contributed by atoms with van der Waals surface area (Å²) in [6.45, 7) is 0.259. The highest BCUT2D eigenvalue weighted by molar-refractivity contribution is 7.99. The number of rotatable bonds is 9. The van der Waals surface area contributed by atoms with Gasteiger partial charge in [-0.15, -0.1) is 10.2 Å². The molecule has 0 aliphatic carbocycles. The number of furan rings is 1. The lowest BCUT2D eigenvalue weighted by Gasteiger charge is -2.13. The number of primary amides is 1. The highest BCUT2D eigenvalue weighted by Gasteiger charge is 2.33. The van der Waals surface area contributed by atoms with E-state index in [0.29, 0.717) is 16.7 Å². The fraction of sp³-hybridized carbons (Fsp3) is 0.263. The molecule has 1 aromatic carbocycles. The van der Waals surface area contributed by atoms with Gasteiger partial charge < -0.3 is 15.5 Å². The van der Waals surface area contributed by atoms with E-state index in [1.54, 1.807) is 16.7 Å². The molecule has 0 aliphatic rings. The summed E-state index contributed by atoms with van der Waals surface area (Å²) in [5.41, 5.74) is 3.95. The van der Waals surface area contributed by atoms with Crippen molar-refractivity contribution in [3.8, 4) is 0 Å². The Morgan fingerprint density at radius 3 is 2.61 bits per heavy atom. The van der Waals surface area contributed by atoms with Crippen molar-refractivity contribution in [3.63, 3.8) is 0 Å². The minimum atomic E-state index is -4.59. The number of para-hydroxylation sites is 1. The first-order valence-corrected chi connectivity index (χ1v) is 10.0. The Labute approximate surface area is 179 Å². The number of carbonyl (C=O) groups is 2. The van der Waals surface area contributed by atoms with Crippen molar-refractivity contribution in [2.75, 3.05) is 11.1 Å². The predicted molar refractivity (Wildman–Crippen MR) is 106 cm³/mol. The zero-order valence-corrected chi connectivity index (χ0v) is 16.9. The molecule has 8 nitrogen and oxygen atoms in total. The number of benzene rings is 1. The molecule has 0 spiro atoms. The number of hydrogen-bond acceptors (Lipinski definition) is 6. The van der Waals surface area contributed by atoms with E-state index >= 15 is 0 Å². The van der Waals surface area contributed by atoms with Crippen molar-refractivity contribution in [2.24, 2.45) is 5.73 Å². The smallest absolute Gasteiger partial charge is 0.418 e. The van der Waals surface area contributed by atoms with Gasteiger partial charge in [-0.2, -0.15) is 13.2 Å². The van der Waals surface area contributed by atoms with Crippen LogP contribution in [0.15, 0.2) is 52.2 Å². The lowest BCUT2D eigenvalue weighted by Crippen LogP contribution is -2.18. The SMILES string of the molecule is NC(=O)CCc1nnc(SCC(=O)Nc2ccccc2C(F)(F)F)n1Cc1ccco1. The zero-order chi connectivity index (χ0) is 22.4. The summed E-state index contributed by atoms with van der Waals surface area (Å²) in [6.07, 6.45) is -2.78. The normalized spacial score (nSPS) is 11.5. The summed E-state index contributed by atoms with van der Waals surface area (Å²) in [7, 11) is 0. The van der Waals surface area contributed by atoms with E-state index in [1.807, 2.05) is 0 Å². The summed E-state index contributed by atoms with van der Waals surface area (Å²) < 4.78 is 46.3. The number of nitrogens with zero attached hydrogens (tertiary/aromatic N) is 3. The Balaban J connectivity index is 1.71. The second kappa shape index (κ2) is 9.69. The van der Waals surface area contributed by atoms with Gasteiger partial charge in [-0.05, 0) is 24.3 Å². The van der Waals surface area contributed by atoms with Gasteiger partial charge in [0.15, 0.2) is 5.16 Å². The van der Waals surface area contributed by atoms with Crippen LogP contribution in [0.5, 0.6) is 0 Å². The van der Waals surface area contributed by atoms with E-state index in [0.717, 1.165) is 17.8 Å². The Hall–Kier alpha value is -3.28. The predicted octanol–water partition coefficient (Wildman–Crippen LogP) is 3.09. The molecule has 0 fully saturated rings. The quantitative estimate of drug-likeness (QED) is 0.481. The van der Waals surface area contributed by atoms with E-state index in [9.17, 15) is 22.8 Å². The average Bonchev–Trinajstić information content (AvgIpc) is 3.35. The van der Waals surface area contributed by atoms with E-state index in [-0.39, 0.29) is 30.8 Å². The van der Waals surface area contributed by atoms with Crippen molar-refractivity contribution in [3.05, 3.63) is 59.8 Å². The first-order valence-electron chi connectivity index (χ1n) is 9.05. The molecule has 3 aromatic rings. The molecule has 2 amide bonds. The van der Waals surface area contributed by atoms with Crippen molar-refractivity contribution in [1.82, 2.24) is 14.8 Å². The van der Waals surface area contributed by atoms with Crippen molar-refractivity contribution in [1.29, 1.82) is 0 Å². The Bertz CT molecular complexity index is 1050. The second-order valence-corrected chi connectivity index (χ2v) is 7.35. The van der Waals surface area contributed by atoms with Crippen LogP contribution in [0, 0.1) is 0 Å². The molecule has 0 saturated carbocycles. The highest BCUT2D eigenvalue weighted by atomic mass is 32.2. The minimum Gasteiger partial charge on any atom is -0.467 e. The zero-order valence-electron chi connectivity index (χ0n) is 16.1. The van der Waals surface area contributed by atoms with Gasteiger partial charge >= 0.3 is 6.18 Å². The summed E-state index contributed by atoms with van der Waals surface area (Å²) in [6, 6.07) is 8.19. The number of thioether (sulfide) groups is 1. The van der Waals surface area contributed by atoms with Gasteiger partial charge in [-0.3, -0.25) is 14.2 Å². The number of amides is 2. The number of aryl methyl sites for hydroxylation is 1. The first kappa shape index (κ1) is 22.4. The van der Waals surface area contributed by atoms with Gasteiger partial charge in [0.05, 0.1) is 29.8 Å². The molecule has 12 heteroatoms. The fourth-order valence-electron chi connectivity index (χ4n) is 2.72. The lowest BCUT2D eigenvalue weighted by molar-refractivity contribution is -0.137. The van der Waals surface area contributed by atoms with Crippen LogP contribution in [0.1, 0.15) is 23.6 Å². The number of alkyl halides is 3. The van der Waals surface area contributed by atoms with E-state index in [1.165, 1.54) is 24.5 Å². The average molecular weight is 453 g/mol. The first-order chi connectivity index (χ1) is 14.7. The molecule has 31 heavy (non-hydrogen) atoms.